The number of rotatable bonds is 2. The largest absolute Gasteiger partial charge is 0.360 e. The molecule has 0 bridgehead atoms. The fraction of sp³-hybridized carbons (Fsp3) is 0.818. The Kier molecular flexibility index (Phi) is 3.35. The summed E-state index contributed by atoms with van der Waals surface area (Å²) in [6.07, 6.45) is 6.48. The molecule has 0 aromatic heterocycles. The van der Waals surface area contributed by atoms with Crippen molar-refractivity contribution >= 4 is 0 Å². The van der Waals surface area contributed by atoms with E-state index in [-0.39, 0.29) is 5.60 Å². The summed E-state index contributed by atoms with van der Waals surface area (Å²) in [5, 5.41) is 0. The van der Waals surface area contributed by atoms with Crippen LogP contribution in [0.3, 0.4) is 0 Å². The second-order valence-corrected chi connectivity index (χ2v) is 4.62. The summed E-state index contributed by atoms with van der Waals surface area (Å²) in [5.74, 6) is 3.23. The van der Waals surface area contributed by atoms with Crippen LogP contribution >= 0.6 is 0 Å². The normalized spacial score (nSPS) is 24.6. The molecule has 0 aliphatic carbocycles. The van der Waals surface area contributed by atoms with Crippen molar-refractivity contribution in [3.63, 3.8) is 0 Å². The number of hydrogen-bond donors (Lipinski definition) is 0. The van der Waals surface area contributed by atoms with E-state index in [1.165, 1.54) is 0 Å². The van der Waals surface area contributed by atoms with Crippen LogP contribution in [0.1, 0.15) is 27.2 Å². The van der Waals surface area contributed by atoms with Crippen LogP contribution in [0.5, 0.6) is 0 Å². The van der Waals surface area contributed by atoms with Crippen molar-refractivity contribution < 1.29 is 4.74 Å². The molecule has 1 fully saturated rings. The Bertz CT molecular complexity index is 199. The third-order valence-corrected chi connectivity index (χ3v) is 2.19. The van der Waals surface area contributed by atoms with E-state index >= 15 is 0 Å². The van der Waals surface area contributed by atoms with E-state index in [0.717, 1.165) is 19.5 Å². The van der Waals surface area contributed by atoms with Gasteiger partial charge in [-0.25, -0.2) is 0 Å². The molecular formula is C11H19NO. The zero-order valence-electron chi connectivity index (χ0n) is 8.84. The van der Waals surface area contributed by atoms with Crippen molar-refractivity contribution in [2.75, 3.05) is 19.8 Å². The SMILES string of the molecule is C#CC1CCN(COC(C)(C)C)C1. The van der Waals surface area contributed by atoms with Crippen molar-refractivity contribution in [3.8, 4) is 12.3 Å². The van der Waals surface area contributed by atoms with Gasteiger partial charge in [-0.3, -0.25) is 4.90 Å². The van der Waals surface area contributed by atoms with Crippen LogP contribution in [0.25, 0.3) is 0 Å². The molecule has 0 amide bonds. The lowest BCUT2D eigenvalue weighted by molar-refractivity contribution is -0.0571. The smallest absolute Gasteiger partial charge is 0.0997 e. The van der Waals surface area contributed by atoms with Crippen LogP contribution < -0.4 is 0 Å². The molecule has 1 aliphatic rings. The van der Waals surface area contributed by atoms with Gasteiger partial charge < -0.3 is 4.74 Å². The number of ether oxygens (including phenoxy) is 1. The van der Waals surface area contributed by atoms with E-state index in [1.54, 1.807) is 0 Å². The summed E-state index contributed by atoms with van der Waals surface area (Å²) < 4.78 is 5.66. The third kappa shape index (κ3) is 3.80. The first-order chi connectivity index (χ1) is 6.01. The summed E-state index contributed by atoms with van der Waals surface area (Å²) in [6.45, 7) is 8.99. The van der Waals surface area contributed by atoms with Crippen LogP contribution in [-0.4, -0.2) is 30.3 Å². The Morgan fingerprint density at radius 3 is 2.69 bits per heavy atom. The first kappa shape index (κ1) is 10.6. The molecule has 1 rings (SSSR count). The number of likely N-dealkylation sites (tertiary alicyclic amines) is 1. The number of terminal acetylenes is 1. The molecule has 0 spiro atoms. The van der Waals surface area contributed by atoms with Crippen LogP contribution in [-0.2, 0) is 4.74 Å². The Labute approximate surface area is 81.3 Å². The van der Waals surface area contributed by atoms with Gasteiger partial charge in [0.1, 0.15) is 0 Å². The summed E-state index contributed by atoms with van der Waals surface area (Å²) >= 11 is 0. The Morgan fingerprint density at radius 2 is 2.23 bits per heavy atom. The van der Waals surface area contributed by atoms with Gasteiger partial charge in [-0.05, 0) is 27.2 Å². The first-order valence-corrected chi connectivity index (χ1v) is 4.84. The Hall–Kier alpha value is -0.520. The van der Waals surface area contributed by atoms with Gasteiger partial charge in [0.25, 0.3) is 0 Å². The standard InChI is InChI=1S/C11H19NO/c1-5-10-6-7-12(8-10)9-13-11(2,3)4/h1,10H,6-9H2,2-4H3. The maximum Gasteiger partial charge on any atom is 0.0997 e. The van der Waals surface area contributed by atoms with Gasteiger partial charge in [0.15, 0.2) is 0 Å². The molecule has 74 valence electrons. The minimum Gasteiger partial charge on any atom is -0.360 e. The highest BCUT2D eigenvalue weighted by atomic mass is 16.5. The summed E-state index contributed by atoms with van der Waals surface area (Å²) in [4.78, 5) is 2.27. The molecule has 1 saturated heterocycles. The molecule has 13 heavy (non-hydrogen) atoms. The average molecular weight is 181 g/mol. The maximum absolute atomic E-state index is 5.66. The third-order valence-electron chi connectivity index (χ3n) is 2.19. The van der Waals surface area contributed by atoms with E-state index in [1.807, 2.05) is 0 Å². The number of hydrogen-bond acceptors (Lipinski definition) is 2. The van der Waals surface area contributed by atoms with Gasteiger partial charge in [-0.1, -0.05) is 0 Å². The van der Waals surface area contributed by atoms with Crippen LogP contribution in [0.2, 0.25) is 0 Å². The van der Waals surface area contributed by atoms with Gasteiger partial charge in [-0.2, -0.15) is 0 Å². The van der Waals surface area contributed by atoms with Gasteiger partial charge in [0, 0.05) is 19.0 Å². The molecule has 1 aliphatic heterocycles. The predicted octanol–water partition coefficient (Wildman–Crippen LogP) is 1.71. The van der Waals surface area contributed by atoms with E-state index in [4.69, 9.17) is 11.2 Å². The molecule has 1 atom stereocenters. The number of nitrogens with zero attached hydrogens (tertiary/aromatic N) is 1. The summed E-state index contributed by atoms with van der Waals surface area (Å²) in [7, 11) is 0. The lowest BCUT2D eigenvalue weighted by atomic mass is 10.1. The molecule has 0 N–H and O–H groups in total. The molecule has 2 nitrogen and oxygen atoms in total. The van der Waals surface area contributed by atoms with Crippen LogP contribution in [0.4, 0.5) is 0 Å². The van der Waals surface area contributed by atoms with Crippen molar-refractivity contribution in [1.82, 2.24) is 4.90 Å². The lowest BCUT2D eigenvalue weighted by Crippen LogP contribution is -2.30. The van der Waals surface area contributed by atoms with Gasteiger partial charge >= 0.3 is 0 Å². The fourth-order valence-corrected chi connectivity index (χ4v) is 1.37. The van der Waals surface area contributed by atoms with E-state index in [0.29, 0.717) is 12.6 Å². The van der Waals surface area contributed by atoms with Crippen LogP contribution in [0.15, 0.2) is 0 Å². The van der Waals surface area contributed by atoms with Crippen LogP contribution in [0, 0.1) is 18.3 Å². The second kappa shape index (κ2) is 4.13. The lowest BCUT2D eigenvalue weighted by Gasteiger charge is -2.24. The van der Waals surface area contributed by atoms with Gasteiger partial charge in [0.05, 0.1) is 12.3 Å². The maximum atomic E-state index is 5.66. The van der Waals surface area contributed by atoms with Crippen molar-refractivity contribution in [3.05, 3.63) is 0 Å². The predicted molar refractivity (Wildman–Crippen MR) is 54.2 cm³/mol. The van der Waals surface area contributed by atoms with E-state index < -0.39 is 0 Å². The van der Waals surface area contributed by atoms with Crippen molar-refractivity contribution in [1.29, 1.82) is 0 Å². The average Bonchev–Trinajstić information content (AvgIpc) is 2.47. The summed E-state index contributed by atoms with van der Waals surface area (Å²) in [6, 6.07) is 0. The zero-order chi connectivity index (χ0) is 9.90. The van der Waals surface area contributed by atoms with Crippen molar-refractivity contribution in [2.45, 2.75) is 32.8 Å². The fourth-order valence-electron chi connectivity index (χ4n) is 1.37. The van der Waals surface area contributed by atoms with Gasteiger partial charge in [0.2, 0.25) is 0 Å². The van der Waals surface area contributed by atoms with Crippen molar-refractivity contribution in [2.24, 2.45) is 5.92 Å². The molecule has 0 aromatic rings. The monoisotopic (exact) mass is 181 g/mol. The molecule has 0 saturated carbocycles. The quantitative estimate of drug-likeness (QED) is 0.601. The zero-order valence-corrected chi connectivity index (χ0v) is 8.84. The molecular weight excluding hydrogens is 162 g/mol. The second-order valence-electron chi connectivity index (χ2n) is 4.62. The molecule has 1 unspecified atom stereocenters. The first-order valence-electron chi connectivity index (χ1n) is 4.84. The van der Waals surface area contributed by atoms with E-state index in [9.17, 15) is 0 Å². The highest BCUT2D eigenvalue weighted by Crippen LogP contribution is 2.16. The Balaban J connectivity index is 2.22. The van der Waals surface area contributed by atoms with E-state index in [2.05, 4.69) is 31.6 Å². The minimum absolute atomic E-state index is 0.0474. The molecule has 2 heteroatoms. The van der Waals surface area contributed by atoms with Gasteiger partial charge in [-0.15, -0.1) is 12.3 Å². The molecule has 0 radical (unpaired) electrons. The minimum atomic E-state index is -0.0474. The highest BCUT2D eigenvalue weighted by Gasteiger charge is 2.22. The molecule has 1 heterocycles. The Morgan fingerprint density at radius 1 is 1.54 bits per heavy atom. The topological polar surface area (TPSA) is 12.5 Å². The highest BCUT2D eigenvalue weighted by molar-refractivity contribution is 4.97. The summed E-state index contributed by atoms with van der Waals surface area (Å²) in [5.41, 5.74) is -0.0474. The molecule has 0 aromatic carbocycles.